The van der Waals surface area contributed by atoms with Crippen molar-refractivity contribution in [1.29, 1.82) is 0 Å². The van der Waals surface area contributed by atoms with Crippen LogP contribution in [0.1, 0.15) is 56.8 Å². The van der Waals surface area contributed by atoms with Gasteiger partial charge in [0, 0.05) is 30.6 Å². The molecule has 0 aliphatic rings. The normalized spacial score (nSPS) is 12.7. The molecular formula is C28H33N3O3S2. The third-order valence-corrected chi connectivity index (χ3v) is 9.30. The Morgan fingerprint density at radius 3 is 2.22 bits per heavy atom. The molecule has 0 aliphatic carbocycles. The van der Waals surface area contributed by atoms with Crippen LogP contribution in [0.15, 0.2) is 70.6 Å². The Bertz CT molecular complexity index is 1530. The number of benzene rings is 3. The van der Waals surface area contributed by atoms with Gasteiger partial charge in [-0.15, -0.1) is 0 Å². The monoisotopic (exact) mass is 523 g/mol. The summed E-state index contributed by atoms with van der Waals surface area (Å²) in [6.07, 6.45) is 3.50. The van der Waals surface area contributed by atoms with Crippen LogP contribution in [0.3, 0.4) is 0 Å². The van der Waals surface area contributed by atoms with Crippen LogP contribution in [0, 0.1) is 0 Å². The van der Waals surface area contributed by atoms with Crippen molar-refractivity contribution in [3.8, 4) is 0 Å². The van der Waals surface area contributed by atoms with Crippen molar-refractivity contribution in [1.82, 2.24) is 8.87 Å². The highest BCUT2D eigenvalue weighted by Gasteiger charge is 2.23. The number of thiazole rings is 1. The number of unbranched alkanes of at least 4 members (excludes halogenated alkanes) is 2. The Balaban J connectivity index is 1.66. The van der Waals surface area contributed by atoms with E-state index in [1.165, 1.54) is 23.5 Å². The zero-order chi connectivity index (χ0) is 25.7. The summed E-state index contributed by atoms with van der Waals surface area (Å²) in [5.41, 5.74) is 1.44. The van der Waals surface area contributed by atoms with Crippen LogP contribution in [0.25, 0.3) is 21.0 Å². The summed E-state index contributed by atoms with van der Waals surface area (Å²) in [6.45, 7) is 7.84. The number of rotatable bonds is 10. The molecule has 8 heteroatoms. The van der Waals surface area contributed by atoms with Crippen molar-refractivity contribution >= 4 is 48.3 Å². The molecule has 0 atom stereocenters. The molecule has 0 radical (unpaired) electrons. The first-order valence-electron chi connectivity index (χ1n) is 12.6. The fraction of sp³-hybridized carbons (Fsp3) is 0.357. The summed E-state index contributed by atoms with van der Waals surface area (Å²) < 4.78 is 31.1. The second kappa shape index (κ2) is 11.5. The standard InChI is InChI=1S/C28H33N3O3S2/c1-4-7-19-30(20-8-5-2)36(33,34)23-16-13-22(14-17-23)27(32)29-28-31(6-3)26-24-12-10-9-11-21(24)15-18-25(26)35-28/h9-18H,4-8,19-20H2,1-3H3. The lowest BCUT2D eigenvalue weighted by molar-refractivity contribution is 0.0997. The van der Waals surface area contributed by atoms with Crippen molar-refractivity contribution in [2.75, 3.05) is 13.1 Å². The van der Waals surface area contributed by atoms with Crippen LogP contribution in [0.4, 0.5) is 0 Å². The van der Waals surface area contributed by atoms with E-state index >= 15 is 0 Å². The number of hydrogen-bond donors (Lipinski definition) is 0. The van der Waals surface area contributed by atoms with Gasteiger partial charge >= 0.3 is 0 Å². The van der Waals surface area contributed by atoms with E-state index in [-0.39, 0.29) is 10.8 Å². The lowest BCUT2D eigenvalue weighted by Gasteiger charge is -2.22. The Hall–Kier alpha value is -2.81. The second-order valence-electron chi connectivity index (χ2n) is 8.81. The molecular weight excluding hydrogens is 490 g/mol. The SMILES string of the molecule is CCCCN(CCCC)S(=O)(=O)c1ccc(C(=O)N=c2sc3ccc4ccccc4c3n2CC)cc1. The molecule has 190 valence electrons. The Kier molecular flexibility index (Phi) is 8.39. The predicted molar refractivity (Wildman–Crippen MR) is 148 cm³/mol. The molecule has 1 amide bonds. The highest BCUT2D eigenvalue weighted by Crippen LogP contribution is 2.27. The molecule has 0 aliphatic heterocycles. The number of carbonyl (C=O) groups is 1. The fourth-order valence-electron chi connectivity index (χ4n) is 4.31. The first-order chi connectivity index (χ1) is 17.4. The third kappa shape index (κ3) is 5.31. The van der Waals surface area contributed by atoms with Gasteiger partial charge < -0.3 is 4.57 Å². The number of aryl methyl sites for hydroxylation is 1. The summed E-state index contributed by atoms with van der Waals surface area (Å²) in [5.74, 6) is -0.383. The highest BCUT2D eigenvalue weighted by molar-refractivity contribution is 7.89. The van der Waals surface area contributed by atoms with E-state index in [1.807, 2.05) is 19.1 Å². The van der Waals surface area contributed by atoms with Crippen molar-refractivity contribution in [2.24, 2.45) is 4.99 Å². The van der Waals surface area contributed by atoms with E-state index in [2.05, 4.69) is 47.7 Å². The zero-order valence-electron chi connectivity index (χ0n) is 21.1. The molecule has 3 aromatic carbocycles. The average molecular weight is 524 g/mol. The number of aromatic nitrogens is 1. The van der Waals surface area contributed by atoms with Crippen molar-refractivity contribution < 1.29 is 13.2 Å². The minimum absolute atomic E-state index is 0.211. The molecule has 4 rings (SSSR count). The maximum atomic E-state index is 13.2. The van der Waals surface area contributed by atoms with Crippen molar-refractivity contribution in [2.45, 2.75) is 57.9 Å². The molecule has 1 aromatic heterocycles. The molecule has 0 spiro atoms. The third-order valence-electron chi connectivity index (χ3n) is 6.34. The van der Waals surface area contributed by atoms with Gasteiger partial charge in [0.2, 0.25) is 10.0 Å². The molecule has 36 heavy (non-hydrogen) atoms. The van der Waals surface area contributed by atoms with E-state index in [0.29, 0.717) is 30.0 Å². The summed E-state index contributed by atoms with van der Waals surface area (Å²) in [4.78, 5) is 18.3. The first-order valence-corrected chi connectivity index (χ1v) is 14.9. The van der Waals surface area contributed by atoms with Crippen LogP contribution >= 0.6 is 11.3 Å². The lowest BCUT2D eigenvalue weighted by Crippen LogP contribution is -2.33. The Morgan fingerprint density at radius 2 is 1.58 bits per heavy atom. The van der Waals surface area contributed by atoms with Gasteiger partial charge in [0.15, 0.2) is 4.80 Å². The van der Waals surface area contributed by atoms with Gasteiger partial charge in [-0.1, -0.05) is 68.4 Å². The zero-order valence-corrected chi connectivity index (χ0v) is 22.7. The minimum Gasteiger partial charge on any atom is -0.316 e. The van der Waals surface area contributed by atoms with Gasteiger partial charge in [-0.25, -0.2) is 8.42 Å². The largest absolute Gasteiger partial charge is 0.316 e. The molecule has 0 saturated carbocycles. The van der Waals surface area contributed by atoms with Crippen LogP contribution < -0.4 is 4.80 Å². The van der Waals surface area contributed by atoms with E-state index in [9.17, 15) is 13.2 Å². The van der Waals surface area contributed by atoms with Crippen LogP contribution in [-0.4, -0.2) is 36.3 Å². The maximum absolute atomic E-state index is 13.2. The summed E-state index contributed by atoms with van der Waals surface area (Å²) in [5, 5.41) is 2.28. The lowest BCUT2D eigenvalue weighted by atomic mass is 10.1. The second-order valence-corrected chi connectivity index (χ2v) is 11.8. The number of hydrogen-bond acceptors (Lipinski definition) is 4. The molecule has 0 bridgehead atoms. The molecule has 0 unspecified atom stereocenters. The van der Waals surface area contributed by atoms with Crippen molar-refractivity contribution in [3.05, 3.63) is 71.0 Å². The number of sulfonamides is 1. The molecule has 0 N–H and O–H groups in total. The van der Waals surface area contributed by atoms with E-state index in [1.54, 1.807) is 16.4 Å². The molecule has 4 aromatic rings. The maximum Gasteiger partial charge on any atom is 0.279 e. The van der Waals surface area contributed by atoms with E-state index < -0.39 is 10.0 Å². The summed E-state index contributed by atoms with van der Waals surface area (Å²) in [6, 6.07) is 18.5. The first kappa shape index (κ1) is 26.3. The van der Waals surface area contributed by atoms with Gasteiger partial charge in [-0.05, 0) is 55.5 Å². The molecule has 0 fully saturated rings. The van der Waals surface area contributed by atoms with E-state index in [0.717, 1.165) is 46.7 Å². The van der Waals surface area contributed by atoms with Gasteiger partial charge in [-0.3, -0.25) is 4.79 Å². The highest BCUT2D eigenvalue weighted by atomic mass is 32.2. The van der Waals surface area contributed by atoms with Gasteiger partial charge in [0.25, 0.3) is 5.91 Å². The average Bonchev–Trinajstić information content (AvgIpc) is 3.26. The fourth-order valence-corrected chi connectivity index (χ4v) is 6.94. The summed E-state index contributed by atoms with van der Waals surface area (Å²) >= 11 is 1.49. The van der Waals surface area contributed by atoms with Crippen LogP contribution in [0.5, 0.6) is 0 Å². The molecule has 6 nitrogen and oxygen atoms in total. The van der Waals surface area contributed by atoms with E-state index in [4.69, 9.17) is 0 Å². The quantitative estimate of drug-likeness (QED) is 0.248. The smallest absolute Gasteiger partial charge is 0.279 e. The number of carbonyl (C=O) groups excluding carboxylic acids is 1. The van der Waals surface area contributed by atoms with Crippen LogP contribution in [-0.2, 0) is 16.6 Å². The van der Waals surface area contributed by atoms with Gasteiger partial charge in [0.1, 0.15) is 0 Å². The number of amides is 1. The Morgan fingerprint density at radius 1 is 0.917 bits per heavy atom. The topological polar surface area (TPSA) is 71.7 Å². The molecule has 1 heterocycles. The van der Waals surface area contributed by atoms with Gasteiger partial charge in [-0.2, -0.15) is 9.30 Å². The number of fused-ring (bicyclic) bond motifs is 3. The van der Waals surface area contributed by atoms with Gasteiger partial charge in [0.05, 0.1) is 15.1 Å². The Labute approximate surface area is 217 Å². The summed E-state index contributed by atoms with van der Waals surface area (Å²) in [7, 11) is -3.61. The van der Waals surface area contributed by atoms with Crippen LogP contribution in [0.2, 0.25) is 0 Å². The van der Waals surface area contributed by atoms with Crippen molar-refractivity contribution in [3.63, 3.8) is 0 Å². The molecule has 0 saturated heterocycles. The minimum atomic E-state index is -3.61. The predicted octanol–water partition coefficient (Wildman–Crippen LogP) is 6.21. The number of nitrogens with zero attached hydrogens (tertiary/aromatic N) is 3.